The van der Waals surface area contributed by atoms with Crippen LogP contribution in [0.3, 0.4) is 0 Å². The Morgan fingerprint density at radius 1 is 1.30 bits per heavy atom. The quantitative estimate of drug-likeness (QED) is 0.879. The van der Waals surface area contributed by atoms with Crippen molar-refractivity contribution in [1.29, 1.82) is 0 Å². The summed E-state index contributed by atoms with van der Waals surface area (Å²) in [6.07, 6.45) is 0.849. The van der Waals surface area contributed by atoms with Crippen molar-refractivity contribution in [2.45, 2.75) is 12.5 Å². The number of aryl methyl sites for hydroxylation is 1. The molecule has 1 aliphatic rings. The molecule has 23 heavy (non-hydrogen) atoms. The molecular formula is C17H23N3O3. The van der Waals surface area contributed by atoms with Crippen LogP contribution in [-0.2, 0) is 18.2 Å². The van der Waals surface area contributed by atoms with E-state index in [1.165, 1.54) is 0 Å². The van der Waals surface area contributed by atoms with Gasteiger partial charge >= 0.3 is 0 Å². The second-order valence-electron chi connectivity index (χ2n) is 5.52. The Morgan fingerprint density at radius 3 is 2.78 bits per heavy atom. The van der Waals surface area contributed by atoms with Crippen LogP contribution in [0.15, 0.2) is 30.3 Å². The first kappa shape index (κ1) is 15.8. The van der Waals surface area contributed by atoms with Crippen molar-refractivity contribution in [1.82, 2.24) is 15.1 Å². The highest BCUT2D eigenvalue weighted by molar-refractivity contribution is 5.31. The molecule has 1 N–H and O–H groups in total. The molecule has 2 heterocycles. The van der Waals surface area contributed by atoms with Crippen molar-refractivity contribution in [2.75, 3.05) is 33.4 Å². The molecule has 6 heteroatoms. The molecule has 1 atom stereocenters. The summed E-state index contributed by atoms with van der Waals surface area (Å²) < 4.78 is 18.6. The van der Waals surface area contributed by atoms with Crippen molar-refractivity contribution >= 4 is 0 Å². The molecule has 3 rings (SSSR count). The molecule has 1 aromatic carbocycles. The van der Waals surface area contributed by atoms with E-state index in [4.69, 9.17) is 14.2 Å². The zero-order valence-electron chi connectivity index (χ0n) is 13.6. The molecule has 0 aliphatic carbocycles. The van der Waals surface area contributed by atoms with Gasteiger partial charge in [0.2, 0.25) is 0 Å². The molecule has 2 aromatic rings. The van der Waals surface area contributed by atoms with E-state index in [-0.39, 0.29) is 6.10 Å². The number of benzene rings is 1. The summed E-state index contributed by atoms with van der Waals surface area (Å²) in [4.78, 5) is 0. The van der Waals surface area contributed by atoms with Crippen LogP contribution in [0.5, 0.6) is 11.5 Å². The number of morpholine rings is 1. The van der Waals surface area contributed by atoms with Gasteiger partial charge in [0.05, 0.1) is 26.0 Å². The average Bonchev–Trinajstić information content (AvgIpc) is 2.97. The molecule has 1 aliphatic heterocycles. The number of ether oxygens (including phenoxy) is 3. The highest BCUT2D eigenvalue weighted by Gasteiger charge is 2.19. The van der Waals surface area contributed by atoms with Gasteiger partial charge in [0.15, 0.2) is 0 Å². The summed E-state index contributed by atoms with van der Waals surface area (Å²) in [6.45, 7) is 3.07. The highest BCUT2D eigenvalue weighted by atomic mass is 16.5. The van der Waals surface area contributed by atoms with E-state index >= 15 is 0 Å². The molecule has 0 saturated carbocycles. The van der Waals surface area contributed by atoms with Crippen molar-refractivity contribution in [3.8, 4) is 11.5 Å². The third-order valence-electron chi connectivity index (χ3n) is 3.94. The van der Waals surface area contributed by atoms with Crippen LogP contribution in [0.1, 0.15) is 17.5 Å². The Bertz CT molecular complexity index is 619. The molecule has 0 spiro atoms. The minimum atomic E-state index is 0.0474. The van der Waals surface area contributed by atoms with Crippen molar-refractivity contribution in [3.63, 3.8) is 0 Å². The maximum atomic E-state index is 5.78. The van der Waals surface area contributed by atoms with Gasteiger partial charge in [-0.2, -0.15) is 5.10 Å². The summed E-state index contributed by atoms with van der Waals surface area (Å²) >= 11 is 0. The third kappa shape index (κ3) is 4.03. The number of rotatable bonds is 6. The molecule has 0 unspecified atom stereocenters. The second kappa shape index (κ2) is 7.48. The molecular weight excluding hydrogens is 294 g/mol. The Morgan fingerprint density at radius 2 is 2.09 bits per heavy atom. The lowest BCUT2D eigenvalue weighted by Gasteiger charge is -2.21. The minimum Gasteiger partial charge on any atom is -0.497 e. The van der Waals surface area contributed by atoms with Crippen LogP contribution in [0.2, 0.25) is 0 Å². The van der Waals surface area contributed by atoms with E-state index < -0.39 is 0 Å². The molecule has 0 bridgehead atoms. The molecule has 0 radical (unpaired) electrons. The Balaban J connectivity index is 1.54. The zero-order chi connectivity index (χ0) is 16.1. The van der Waals surface area contributed by atoms with Gasteiger partial charge in [-0.1, -0.05) is 0 Å². The normalized spacial score (nSPS) is 17.9. The lowest BCUT2D eigenvalue weighted by atomic mass is 10.2. The van der Waals surface area contributed by atoms with Gasteiger partial charge in [-0.05, 0) is 30.3 Å². The molecule has 1 aromatic heterocycles. The predicted molar refractivity (Wildman–Crippen MR) is 87.0 cm³/mol. The van der Waals surface area contributed by atoms with E-state index in [1.807, 2.05) is 36.0 Å². The summed E-state index contributed by atoms with van der Waals surface area (Å²) in [5.74, 6) is 1.67. The summed E-state index contributed by atoms with van der Waals surface area (Å²) in [6, 6.07) is 9.72. The largest absolute Gasteiger partial charge is 0.497 e. The van der Waals surface area contributed by atoms with Crippen LogP contribution in [0.4, 0.5) is 0 Å². The number of methoxy groups -OCH3 is 1. The number of hydrogen-bond acceptors (Lipinski definition) is 5. The SMILES string of the molecule is COc1ccc(OCCc2cc([C@@H]3CNCCO3)nn2C)cc1. The van der Waals surface area contributed by atoms with Crippen LogP contribution >= 0.6 is 0 Å². The fraction of sp³-hybridized carbons (Fsp3) is 0.471. The van der Waals surface area contributed by atoms with Crippen molar-refractivity contribution in [2.24, 2.45) is 7.05 Å². The Kier molecular flexibility index (Phi) is 5.15. The van der Waals surface area contributed by atoms with E-state index in [0.717, 1.165) is 49.0 Å². The minimum absolute atomic E-state index is 0.0474. The van der Waals surface area contributed by atoms with Gasteiger partial charge in [-0.25, -0.2) is 0 Å². The zero-order valence-corrected chi connectivity index (χ0v) is 13.6. The Hall–Kier alpha value is -2.05. The predicted octanol–water partition coefficient (Wildman–Crippen LogP) is 1.71. The molecule has 0 amide bonds. The average molecular weight is 317 g/mol. The van der Waals surface area contributed by atoms with E-state index in [2.05, 4.69) is 16.5 Å². The molecule has 124 valence electrons. The maximum Gasteiger partial charge on any atom is 0.119 e. The highest BCUT2D eigenvalue weighted by Crippen LogP contribution is 2.20. The molecule has 1 saturated heterocycles. The number of nitrogens with zero attached hydrogens (tertiary/aromatic N) is 2. The van der Waals surface area contributed by atoms with Crippen LogP contribution in [0, 0.1) is 0 Å². The summed E-state index contributed by atoms with van der Waals surface area (Å²) in [5, 5.41) is 7.89. The monoisotopic (exact) mass is 317 g/mol. The fourth-order valence-electron chi connectivity index (χ4n) is 2.62. The molecule has 1 fully saturated rings. The van der Waals surface area contributed by atoms with Gasteiger partial charge in [-0.15, -0.1) is 0 Å². The summed E-state index contributed by atoms with van der Waals surface area (Å²) in [7, 11) is 3.61. The maximum absolute atomic E-state index is 5.78. The van der Waals surface area contributed by atoms with E-state index in [1.54, 1.807) is 7.11 Å². The van der Waals surface area contributed by atoms with Crippen molar-refractivity contribution < 1.29 is 14.2 Å². The van der Waals surface area contributed by atoms with Crippen molar-refractivity contribution in [3.05, 3.63) is 41.7 Å². The van der Waals surface area contributed by atoms with Crippen LogP contribution in [-0.4, -0.2) is 43.2 Å². The Labute approximate surface area is 136 Å². The number of hydrogen-bond donors (Lipinski definition) is 1. The topological polar surface area (TPSA) is 57.5 Å². The van der Waals surface area contributed by atoms with E-state index in [0.29, 0.717) is 6.61 Å². The smallest absolute Gasteiger partial charge is 0.119 e. The first-order valence-corrected chi connectivity index (χ1v) is 7.88. The molecule has 6 nitrogen and oxygen atoms in total. The number of aromatic nitrogens is 2. The fourth-order valence-corrected chi connectivity index (χ4v) is 2.62. The lowest BCUT2D eigenvalue weighted by molar-refractivity contribution is 0.0247. The van der Waals surface area contributed by atoms with Gasteiger partial charge in [0.25, 0.3) is 0 Å². The van der Waals surface area contributed by atoms with Gasteiger partial charge in [0, 0.05) is 32.3 Å². The summed E-state index contributed by atoms with van der Waals surface area (Å²) in [5.41, 5.74) is 2.13. The number of nitrogens with one attached hydrogen (secondary N) is 1. The standard InChI is InChI=1S/C17H23N3O3/c1-20-13(11-16(19-20)17-12-18-8-10-23-17)7-9-22-15-5-3-14(21-2)4-6-15/h3-6,11,17-18H,7-10,12H2,1-2H3/t17-/m0/s1. The van der Waals surface area contributed by atoms with Gasteiger partial charge < -0.3 is 19.5 Å². The van der Waals surface area contributed by atoms with Gasteiger partial charge in [0.1, 0.15) is 17.6 Å². The third-order valence-corrected chi connectivity index (χ3v) is 3.94. The van der Waals surface area contributed by atoms with Crippen LogP contribution in [0.25, 0.3) is 0 Å². The first-order chi connectivity index (χ1) is 11.3. The lowest BCUT2D eigenvalue weighted by Crippen LogP contribution is -2.33. The second-order valence-corrected chi connectivity index (χ2v) is 5.52. The van der Waals surface area contributed by atoms with Crippen LogP contribution < -0.4 is 14.8 Å². The first-order valence-electron chi connectivity index (χ1n) is 7.88. The van der Waals surface area contributed by atoms with Gasteiger partial charge in [-0.3, -0.25) is 4.68 Å². The van der Waals surface area contributed by atoms with E-state index in [9.17, 15) is 0 Å².